The normalized spacial score (nSPS) is 14.0. The van der Waals surface area contributed by atoms with Crippen molar-refractivity contribution in [1.29, 1.82) is 0 Å². The Hall–Kier alpha value is -2.32. The number of nitrogens with one attached hydrogen (secondary N) is 1. The standard InChI is InChI=1S/C20H26N4O3S/c1-14-15(2)23(10-11-27-3)20(21-14)28-13-18(25)22-16-6-4-7-17(12-16)24-9-5-8-19(24)26/h4,6-7,12H,5,8-11,13H2,1-3H3,(H,22,25). The van der Waals surface area contributed by atoms with E-state index in [4.69, 9.17) is 4.74 Å². The van der Waals surface area contributed by atoms with E-state index < -0.39 is 0 Å². The van der Waals surface area contributed by atoms with Crippen LogP contribution in [0.4, 0.5) is 11.4 Å². The van der Waals surface area contributed by atoms with Gasteiger partial charge in [-0.2, -0.15) is 0 Å². The number of thioether (sulfide) groups is 1. The van der Waals surface area contributed by atoms with E-state index in [1.165, 1.54) is 11.8 Å². The van der Waals surface area contributed by atoms with E-state index >= 15 is 0 Å². The lowest BCUT2D eigenvalue weighted by atomic mass is 10.2. The van der Waals surface area contributed by atoms with E-state index in [-0.39, 0.29) is 17.6 Å². The molecule has 28 heavy (non-hydrogen) atoms. The van der Waals surface area contributed by atoms with Gasteiger partial charge in [-0.3, -0.25) is 9.59 Å². The Balaban J connectivity index is 1.61. The predicted octanol–water partition coefficient (Wildman–Crippen LogP) is 3.00. The first kappa shape index (κ1) is 20.4. The van der Waals surface area contributed by atoms with E-state index in [1.807, 2.05) is 38.1 Å². The Kier molecular flexibility index (Phi) is 6.74. The minimum atomic E-state index is -0.105. The van der Waals surface area contributed by atoms with Crippen molar-refractivity contribution in [3.8, 4) is 0 Å². The van der Waals surface area contributed by atoms with E-state index in [1.54, 1.807) is 12.0 Å². The molecule has 2 amide bonds. The number of carbonyl (C=O) groups excluding carboxylic acids is 2. The number of nitrogens with zero attached hydrogens (tertiary/aromatic N) is 3. The van der Waals surface area contributed by atoms with Crippen LogP contribution in [0.3, 0.4) is 0 Å². The van der Waals surface area contributed by atoms with Crippen LogP contribution in [0.15, 0.2) is 29.4 Å². The highest BCUT2D eigenvalue weighted by molar-refractivity contribution is 7.99. The summed E-state index contributed by atoms with van der Waals surface area (Å²) in [6.45, 7) is 6.02. The Morgan fingerprint density at radius 2 is 2.18 bits per heavy atom. The van der Waals surface area contributed by atoms with Gasteiger partial charge in [0, 0.05) is 43.7 Å². The van der Waals surface area contributed by atoms with Crippen LogP contribution in [0, 0.1) is 13.8 Å². The predicted molar refractivity (Wildman–Crippen MR) is 111 cm³/mol. The highest BCUT2D eigenvalue weighted by Gasteiger charge is 2.22. The number of anilines is 2. The molecular weight excluding hydrogens is 376 g/mol. The molecule has 0 saturated carbocycles. The van der Waals surface area contributed by atoms with Gasteiger partial charge in [-0.1, -0.05) is 17.8 Å². The molecular formula is C20H26N4O3S. The van der Waals surface area contributed by atoms with Gasteiger partial charge in [0.05, 0.1) is 18.1 Å². The Morgan fingerprint density at radius 1 is 1.36 bits per heavy atom. The first-order valence-corrected chi connectivity index (χ1v) is 10.3. The van der Waals surface area contributed by atoms with Crippen molar-refractivity contribution >= 4 is 35.0 Å². The first-order chi connectivity index (χ1) is 13.5. The van der Waals surface area contributed by atoms with Gasteiger partial charge in [-0.25, -0.2) is 4.98 Å². The molecule has 0 bridgehead atoms. The van der Waals surface area contributed by atoms with E-state index in [9.17, 15) is 9.59 Å². The molecule has 1 aliphatic heterocycles. The Labute approximate surface area is 169 Å². The third kappa shape index (κ3) is 4.74. The number of methoxy groups -OCH3 is 1. The van der Waals surface area contributed by atoms with Crippen molar-refractivity contribution in [3.63, 3.8) is 0 Å². The maximum Gasteiger partial charge on any atom is 0.234 e. The molecule has 1 aromatic heterocycles. The number of benzene rings is 1. The van der Waals surface area contributed by atoms with Crippen molar-refractivity contribution in [2.75, 3.05) is 36.2 Å². The van der Waals surface area contributed by atoms with Crippen LogP contribution in [0.2, 0.25) is 0 Å². The fraction of sp³-hybridized carbons (Fsp3) is 0.450. The molecule has 1 aromatic carbocycles. The van der Waals surface area contributed by atoms with E-state index in [2.05, 4.69) is 14.9 Å². The summed E-state index contributed by atoms with van der Waals surface area (Å²) in [6.07, 6.45) is 1.46. The lowest BCUT2D eigenvalue weighted by Crippen LogP contribution is -2.23. The monoisotopic (exact) mass is 402 g/mol. The topological polar surface area (TPSA) is 76.5 Å². The smallest absolute Gasteiger partial charge is 0.234 e. The molecule has 7 nitrogen and oxygen atoms in total. The zero-order valence-electron chi connectivity index (χ0n) is 16.5. The average molecular weight is 403 g/mol. The summed E-state index contributed by atoms with van der Waals surface area (Å²) in [5.74, 6) is 0.287. The molecule has 0 unspecified atom stereocenters. The molecule has 1 fully saturated rings. The van der Waals surface area contributed by atoms with Gasteiger partial charge in [-0.15, -0.1) is 0 Å². The van der Waals surface area contributed by atoms with Gasteiger partial charge < -0.3 is 19.5 Å². The second-order valence-corrected chi connectivity index (χ2v) is 7.69. The minimum absolute atomic E-state index is 0.105. The largest absolute Gasteiger partial charge is 0.383 e. The number of rotatable bonds is 8. The fourth-order valence-electron chi connectivity index (χ4n) is 3.18. The van der Waals surface area contributed by atoms with Gasteiger partial charge in [0.1, 0.15) is 0 Å². The number of imidazole rings is 1. The summed E-state index contributed by atoms with van der Waals surface area (Å²) in [6, 6.07) is 7.43. The van der Waals surface area contributed by atoms with Crippen molar-refractivity contribution in [3.05, 3.63) is 35.7 Å². The van der Waals surface area contributed by atoms with Gasteiger partial charge in [0.2, 0.25) is 11.8 Å². The van der Waals surface area contributed by atoms with E-state index in [0.29, 0.717) is 25.3 Å². The lowest BCUT2D eigenvalue weighted by molar-refractivity contribution is -0.117. The van der Waals surface area contributed by atoms with Gasteiger partial charge in [0.15, 0.2) is 5.16 Å². The average Bonchev–Trinajstić information content (AvgIpc) is 3.22. The minimum Gasteiger partial charge on any atom is -0.383 e. The molecule has 1 saturated heterocycles. The second-order valence-electron chi connectivity index (χ2n) is 6.75. The van der Waals surface area contributed by atoms with Gasteiger partial charge in [-0.05, 0) is 38.5 Å². The zero-order chi connectivity index (χ0) is 20.1. The fourth-order valence-corrected chi connectivity index (χ4v) is 4.10. The van der Waals surface area contributed by atoms with Crippen LogP contribution >= 0.6 is 11.8 Å². The summed E-state index contributed by atoms with van der Waals surface area (Å²) >= 11 is 1.41. The summed E-state index contributed by atoms with van der Waals surface area (Å²) in [4.78, 5) is 30.7. The SMILES string of the molecule is COCCn1c(SCC(=O)Nc2cccc(N3CCCC3=O)c2)nc(C)c1C. The first-order valence-electron chi connectivity index (χ1n) is 9.35. The Bertz CT molecular complexity index is 865. The van der Waals surface area contributed by atoms with Crippen molar-refractivity contribution in [2.24, 2.45) is 0 Å². The van der Waals surface area contributed by atoms with Crippen LogP contribution in [0.25, 0.3) is 0 Å². The van der Waals surface area contributed by atoms with Crippen LogP contribution in [0.5, 0.6) is 0 Å². The molecule has 2 aromatic rings. The zero-order valence-corrected chi connectivity index (χ0v) is 17.3. The summed E-state index contributed by atoms with van der Waals surface area (Å²) in [7, 11) is 1.67. The van der Waals surface area contributed by atoms with Crippen LogP contribution in [-0.2, 0) is 20.9 Å². The quantitative estimate of drug-likeness (QED) is 0.687. The number of carbonyl (C=O) groups is 2. The van der Waals surface area contributed by atoms with Crippen LogP contribution < -0.4 is 10.2 Å². The molecule has 0 atom stereocenters. The van der Waals surface area contributed by atoms with Crippen LogP contribution in [0.1, 0.15) is 24.2 Å². The molecule has 150 valence electrons. The lowest BCUT2D eigenvalue weighted by Gasteiger charge is -2.16. The number of aromatic nitrogens is 2. The third-order valence-corrected chi connectivity index (χ3v) is 5.77. The van der Waals surface area contributed by atoms with E-state index in [0.717, 1.165) is 35.2 Å². The van der Waals surface area contributed by atoms with Crippen molar-refractivity contribution < 1.29 is 14.3 Å². The molecule has 0 spiro atoms. The number of ether oxygens (including phenoxy) is 1. The molecule has 8 heteroatoms. The van der Waals surface area contributed by atoms with Gasteiger partial charge >= 0.3 is 0 Å². The second kappa shape index (κ2) is 9.25. The third-order valence-electron chi connectivity index (χ3n) is 4.79. The van der Waals surface area contributed by atoms with Crippen LogP contribution in [-0.4, -0.2) is 47.4 Å². The highest BCUT2D eigenvalue weighted by atomic mass is 32.2. The summed E-state index contributed by atoms with van der Waals surface area (Å²) < 4.78 is 7.25. The molecule has 2 heterocycles. The Morgan fingerprint density at radius 3 is 2.89 bits per heavy atom. The summed E-state index contributed by atoms with van der Waals surface area (Å²) in [5.41, 5.74) is 3.57. The maximum atomic E-state index is 12.4. The number of hydrogen-bond donors (Lipinski definition) is 1. The molecule has 1 N–H and O–H groups in total. The summed E-state index contributed by atoms with van der Waals surface area (Å²) in [5, 5.41) is 3.73. The van der Waals surface area contributed by atoms with Crippen molar-refractivity contribution in [2.45, 2.75) is 38.4 Å². The number of aryl methyl sites for hydroxylation is 1. The number of amides is 2. The van der Waals surface area contributed by atoms with Gasteiger partial charge in [0.25, 0.3) is 0 Å². The van der Waals surface area contributed by atoms with Crippen molar-refractivity contribution in [1.82, 2.24) is 9.55 Å². The molecule has 3 rings (SSSR count). The molecule has 0 aliphatic carbocycles. The highest BCUT2D eigenvalue weighted by Crippen LogP contribution is 2.25. The maximum absolute atomic E-state index is 12.4. The molecule has 0 radical (unpaired) electrons. The molecule has 1 aliphatic rings. The number of hydrogen-bond acceptors (Lipinski definition) is 5.